The van der Waals surface area contributed by atoms with E-state index >= 15 is 0 Å². The summed E-state index contributed by atoms with van der Waals surface area (Å²) in [6.45, 7) is 0.846. The molecule has 0 bridgehead atoms. The lowest BCUT2D eigenvalue weighted by atomic mass is 9.98. The van der Waals surface area contributed by atoms with Gasteiger partial charge in [-0.15, -0.1) is 11.3 Å². The largest absolute Gasteiger partial charge is 0.481 e. The number of carboxylic acid groups (broad SMARTS) is 1. The van der Waals surface area contributed by atoms with Gasteiger partial charge in [0.05, 0.1) is 16.5 Å². The second-order valence-electron chi connectivity index (χ2n) is 5.07. The van der Waals surface area contributed by atoms with Crippen LogP contribution in [0, 0.1) is 5.92 Å². The number of hydrogen-bond donors (Lipinski definition) is 2. The van der Waals surface area contributed by atoms with Crippen LogP contribution in [0.4, 0.5) is 0 Å². The van der Waals surface area contributed by atoms with Gasteiger partial charge in [0.1, 0.15) is 0 Å². The Bertz CT molecular complexity index is 650. The standard InChI is InChI=1S/C14H15N3O3S/c18-13(17-5-1-3-9(8-17)14(19)20)11-7-10(15-16-11)12-4-2-6-21-12/h2,4,6-7,9H,1,3,5,8H2,(H,15,16)(H,19,20)/t9-/m0/s1. The van der Waals surface area contributed by atoms with E-state index in [1.165, 1.54) is 0 Å². The number of amides is 1. The van der Waals surface area contributed by atoms with Crippen LogP contribution in [-0.4, -0.2) is 45.2 Å². The van der Waals surface area contributed by atoms with E-state index in [4.69, 9.17) is 5.11 Å². The van der Waals surface area contributed by atoms with Crippen molar-refractivity contribution < 1.29 is 14.7 Å². The molecule has 0 aromatic carbocycles. The minimum absolute atomic E-state index is 0.208. The summed E-state index contributed by atoms with van der Waals surface area (Å²) in [5, 5.41) is 18.0. The Morgan fingerprint density at radius 3 is 3.05 bits per heavy atom. The fraction of sp³-hybridized carbons (Fsp3) is 0.357. The van der Waals surface area contributed by atoms with Crippen LogP contribution in [0.1, 0.15) is 23.3 Å². The molecule has 0 aliphatic carbocycles. The first-order valence-corrected chi connectivity index (χ1v) is 7.64. The molecular formula is C14H15N3O3S. The molecular weight excluding hydrogens is 290 g/mol. The summed E-state index contributed by atoms with van der Waals surface area (Å²) in [5.41, 5.74) is 1.14. The Kier molecular flexibility index (Phi) is 3.74. The molecule has 1 aliphatic rings. The van der Waals surface area contributed by atoms with Crippen molar-refractivity contribution in [2.75, 3.05) is 13.1 Å². The monoisotopic (exact) mass is 305 g/mol. The number of piperidine rings is 1. The number of H-pyrrole nitrogens is 1. The zero-order valence-corrected chi connectivity index (χ0v) is 12.1. The number of thiophene rings is 1. The molecule has 1 amide bonds. The normalized spacial score (nSPS) is 18.7. The van der Waals surface area contributed by atoms with Crippen molar-refractivity contribution in [2.24, 2.45) is 5.92 Å². The molecule has 21 heavy (non-hydrogen) atoms. The minimum Gasteiger partial charge on any atom is -0.481 e. The van der Waals surface area contributed by atoms with Crippen molar-refractivity contribution in [1.82, 2.24) is 15.1 Å². The molecule has 110 valence electrons. The van der Waals surface area contributed by atoms with E-state index in [2.05, 4.69) is 10.2 Å². The highest BCUT2D eigenvalue weighted by Gasteiger charge is 2.29. The predicted octanol–water partition coefficient (Wildman–Crippen LogP) is 2.08. The van der Waals surface area contributed by atoms with Crippen LogP contribution < -0.4 is 0 Å². The fourth-order valence-electron chi connectivity index (χ4n) is 2.51. The van der Waals surface area contributed by atoms with Gasteiger partial charge in [0.15, 0.2) is 5.69 Å². The highest BCUT2D eigenvalue weighted by Crippen LogP contribution is 2.24. The maximum atomic E-state index is 12.4. The third-order valence-electron chi connectivity index (χ3n) is 3.64. The quantitative estimate of drug-likeness (QED) is 0.909. The number of aliphatic carboxylic acids is 1. The highest BCUT2D eigenvalue weighted by molar-refractivity contribution is 7.13. The number of carboxylic acids is 1. The molecule has 3 rings (SSSR count). The van der Waals surface area contributed by atoms with Gasteiger partial charge in [-0.1, -0.05) is 6.07 Å². The van der Waals surface area contributed by atoms with Gasteiger partial charge in [0.25, 0.3) is 5.91 Å². The number of likely N-dealkylation sites (tertiary alicyclic amines) is 1. The number of rotatable bonds is 3. The van der Waals surface area contributed by atoms with E-state index in [1.807, 2.05) is 17.5 Å². The Balaban J connectivity index is 1.74. The van der Waals surface area contributed by atoms with E-state index < -0.39 is 11.9 Å². The van der Waals surface area contributed by atoms with Gasteiger partial charge in [-0.25, -0.2) is 0 Å². The Morgan fingerprint density at radius 2 is 2.33 bits per heavy atom. The summed E-state index contributed by atoms with van der Waals surface area (Å²) in [6, 6.07) is 5.61. The molecule has 2 N–H and O–H groups in total. The number of aromatic nitrogens is 2. The summed E-state index contributed by atoms with van der Waals surface area (Å²) >= 11 is 1.57. The number of carbonyl (C=O) groups excluding carboxylic acids is 1. The van der Waals surface area contributed by atoms with E-state index in [0.29, 0.717) is 25.1 Å². The van der Waals surface area contributed by atoms with Gasteiger partial charge in [0.2, 0.25) is 0 Å². The molecule has 2 aromatic heterocycles. The second-order valence-corrected chi connectivity index (χ2v) is 6.02. The molecule has 3 heterocycles. The highest BCUT2D eigenvalue weighted by atomic mass is 32.1. The third-order valence-corrected chi connectivity index (χ3v) is 4.54. The smallest absolute Gasteiger partial charge is 0.308 e. The van der Waals surface area contributed by atoms with Crippen molar-refractivity contribution in [3.8, 4) is 10.6 Å². The van der Waals surface area contributed by atoms with Crippen LogP contribution in [0.5, 0.6) is 0 Å². The van der Waals surface area contributed by atoms with Gasteiger partial charge >= 0.3 is 5.97 Å². The number of nitrogens with zero attached hydrogens (tertiary/aromatic N) is 2. The van der Waals surface area contributed by atoms with Crippen molar-refractivity contribution in [2.45, 2.75) is 12.8 Å². The molecule has 2 aromatic rings. The summed E-state index contributed by atoms with van der Waals surface area (Å²) < 4.78 is 0. The van der Waals surface area contributed by atoms with Gasteiger partial charge in [-0.05, 0) is 30.4 Å². The van der Waals surface area contributed by atoms with Crippen LogP contribution in [-0.2, 0) is 4.79 Å². The Labute approximate surface area is 125 Å². The van der Waals surface area contributed by atoms with Crippen molar-refractivity contribution in [3.63, 3.8) is 0 Å². The lowest BCUT2D eigenvalue weighted by Gasteiger charge is -2.30. The summed E-state index contributed by atoms with van der Waals surface area (Å²) in [6.07, 6.45) is 1.34. The topological polar surface area (TPSA) is 86.3 Å². The maximum Gasteiger partial charge on any atom is 0.308 e. The summed E-state index contributed by atoms with van der Waals surface area (Å²) in [4.78, 5) is 26.1. The van der Waals surface area contributed by atoms with Crippen LogP contribution in [0.15, 0.2) is 23.6 Å². The molecule has 0 spiro atoms. The van der Waals surface area contributed by atoms with E-state index in [0.717, 1.165) is 10.6 Å². The van der Waals surface area contributed by atoms with E-state index in [9.17, 15) is 9.59 Å². The lowest BCUT2D eigenvalue weighted by molar-refractivity contribution is -0.143. The van der Waals surface area contributed by atoms with Crippen LogP contribution in [0.3, 0.4) is 0 Å². The Hall–Kier alpha value is -2.15. The fourth-order valence-corrected chi connectivity index (χ4v) is 3.21. The molecule has 1 saturated heterocycles. The number of carbonyl (C=O) groups is 2. The Morgan fingerprint density at radius 1 is 1.48 bits per heavy atom. The van der Waals surface area contributed by atoms with Crippen LogP contribution >= 0.6 is 11.3 Å². The SMILES string of the molecule is O=C(O)[C@H]1CCCN(C(=O)c2cc(-c3cccs3)[nH]n2)C1. The molecule has 1 atom stereocenters. The second kappa shape index (κ2) is 5.69. The van der Waals surface area contributed by atoms with Crippen LogP contribution in [0.2, 0.25) is 0 Å². The number of nitrogens with one attached hydrogen (secondary N) is 1. The minimum atomic E-state index is -0.839. The van der Waals surface area contributed by atoms with Crippen molar-refractivity contribution >= 4 is 23.2 Å². The average molecular weight is 305 g/mol. The summed E-state index contributed by atoms with van der Waals surface area (Å²) in [5.74, 6) is -1.52. The number of hydrogen-bond acceptors (Lipinski definition) is 4. The predicted molar refractivity (Wildman–Crippen MR) is 78.2 cm³/mol. The average Bonchev–Trinajstić information content (AvgIpc) is 3.17. The molecule has 7 heteroatoms. The van der Waals surface area contributed by atoms with E-state index in [1.54, 1.807) is 22.3 Å². The van der Waals surface area contributed by atoms with Gasteiger partial charge in [0, 0.05) is 13.1 Å². The van der Waals surface area contributed by atoms with Crippen molar-refractivity contribution in [1.29, 1.82) is 0 Å². The molecule has 0 saturated carbocycles. The first kappa shape index (κ1) is 13.8. The maximum absolute atomic E-state index is 12.4. The van der Waals surface area contributed by atoms with Gasteiger partial charge in [-0.3, -0.25) is 14.7 Å². The molecule has 1 fully saturated rings. The van der Waals surface area contributed by atoms with Crippen LogP contribution in [0.25, 0.3) is 10.6 Å². The molecule has 1 aliphatic heterocycles. The van der Waals surface area contributed by atoms with Crippen molar-refractivity contribution in [3.05, 3.63) is 29.3 Å². The lowest BCUT2D eigenvalue weighted by Crippen LogP contribution is -2.42. The third kappa shape index (κ3) is 2.82. The van der Waals surface area contributed by atoms with Gasteiger partial charge < -0.3 is 10.0 Å². The zero-order chi connectivity index (χ0) is 14.8. The summed E-state index contributed by atoms with van der Waals surface area (Å²) in [7, 11) is 0. The van der Waals surface area contributed by atoms with E-state index in [-0.39, 0.29) is 12.5 Å². The first-order chi connectivity index (χ1) is 10.1. The zero-order valence-electron chi connectivity index (χ0n) is 11.3. The molecule has 0 radical (unpaired) electrons. The van der Waals surface area contributed by atoms with Gasteiger partial charge in [-0.2, -0.15) is 5.10 Å². The molecule has 0 unspecified atom stereocenters. The number of aromatic amines is 1. The first-order valence-electron chi connectivity index (χ1n) is 6.76. The molecule has 6 nitrogen and oxygen atoms in total.